The van der Waals surface area contributed by atoms with Crippen LogP contribution in [0, 0.1) is 66.2 Å². The second-order valence-electron chi connectivity index (χ2n) is 16.8. The van der Waals surface area contributed by atoms with Crippen molar-refractivity contribution < 1.29 is 93.5 Å². The molecular formula is C56H41F9N4O12S3. The van der Waals surface area contributed by atoms with Crippen molar-refractivity contribution in [3.63, 3.8) is 0 Å². The van der Waals surface area contributed by atoms with Crippen LogP contribution in [-0.2, 0) is 41.4 Å². The van der Waals surface area contributed by atoms with Gasteiger partial charge in [-0.2, -0.15) is 0 Å². The first-order valence-corrected chi connectivity index (χ1v) is 27.8. The summed E-state index contributed by atoms with van der Waals surface area (Å²) in [4.78, 5) is 53.5. The SMILES string of the molecule is Cc1ccc(S(=O)(=O)Nc2ccc(F)c(C=O)c2F)cc1.Cc1cccc(S(=O)(=O)Nc2ccc(F)c(C=O)c2F)c1.O=Cc1c(F)ccc(NC(=O)OCc2ccccc2)c1F.O=Cc1c(F)ccc(NS(=O)(=O)c2ccc(F)cc2)c1F. The lowest BCUT2D eigenvalue weighted by Gasteiger charge is -2.10. The minimum Gasteiger partial charge on any atom is -0.444 e. The van der Waals surface area contributed by atoms with Gasteiger partial charge in [-0.15, -0.1) is 0 Å². The number of amides is 1. The first-order chi connectivity index (χ1) is 39.7. The average molecular weight is 1230 g/mol. The van der Waals surface area contributed by atoms with E-state index in [1.807, 2.05) is 20.2 Å². The smallest absolute Gasteiger partial charge is 0.412 e. The summed E-state index contributed by atoms with van der Waals surface area (Å²) in [6, 6.07) is 31.6. The predicted octanol–water partition coefficient (Wildman–Crippen LogP) is 12.0. The number of sulfonamides is 3. The highest BCUT2D eigenvalue weighted by molar-refractivity contribution is 7.93. The predicted molar refractivity (Wildman–Crippen MR) is 288 cm³/mol. The molecular weight excluding hydrogens is 1190 g/mol. The van der Waals surface area contributed by atoms with Gasteiger partial charge in [-0.1, -0.05) is 60.2 Å². The van der Waals surface area contributed by atoms with Gasteiger partial charge in [-0.05, 0) is 122 Å². The minimum atomic E-state index is -4.19. The Morgan fingerprint density at radius 2 is 0.762 bits per heavy atom. The third-order valence-electron chi connectivity index (χ3n) is 10.9. The highest BCUT2D eigenvalue weighted by Crippen LogP contribution is 2.27. The number of ether oxygens (including phenoxy) is 1. The van der Waals surface area contributed by atoms with E-state index in [0.717, 1.165) is 83.9 Å². The molecule has 28 heteroatoms. The van der Waals surface area contributed by atoms with Crippen LogP contribution in [0.3, 0.4) is 0 Å². The fourth-order valence-electron chi connectivity index (χ4n) is 6.64. The number of carbonyl (C=O) groups is 5. The summed E-state index contributed by atoms with van der Waals surface area (Å²) >= 11 is 0. The Labute approximate surface area is 473 Å². The van der Waals surface area contributed by atoms with Crippen molar-refractivity contribution in [3.05, 3.63) is 243 Å². The van der Waals surface area contributed by atoms with E-state index in [-0.39, 0.29) is 52.1 Å². The van der Waals surface area contributed by atoms with Gasteiger partial charge in [-0.3, -0.25) is 38.7 Å². The molecule has 16 nitrogen and oxygen atoms in total. The van der Waals surface area contributed by atoms with Crippen LogP contribution in [0.15, 0.2) is 166 Å². The van der Waals surface area contributed by atoms with Crippen molar-refractivity contribution in [1.82, 2.24) is 0 Å². The molecule has 0 aliphatic rings. The molecule has 0 fully saturated rings. The zero-order valence-corrected chi connectivity index (χ0v) is 45.4. The molecule has 0 unspecified atom stereocenters. The lowest BCUT2D eigenvalue weighted by Crippen LogP contribution is -2.15. The molecule has 1 amide bonds. The molecule has 438 valence electrons. The summed E-state index contributed by atoms with van der Waals surface area (Å²) in [6.07, 6.45) is -0.921. The Bertz CT molecular complexity index is 3960. The van der Waals surface area contributed by atoms with Crippen molar-refractivity contribution in [3.8, 4) is 0 Å². The normalized spacial score (nSPS) is 10.9. The topological polar surface area (TPSA) is 245 Å². The number of hydrogen-bond donors (Lipinski definition) is 4. The molecule has 0 aliphatic carbocycles. The molecule has 0 saturated heterocycles. The van der Waals surface area contributed by atoms with Gasteiger partial charge < -0.3 is 4.74 Å². The van der Waals surface area contributed by atoms with E-state index in [1.165, 1.54) is 24.3 Å². The van der Waals surface area contributed by atoms with Crippen molar-refractivity contribution in [2.45, 2.75) is 35.1 Å². The third-order valence-corrected chi connectivity index (χ3v) is 15.0. The molecule has 4 N–H and O–H groups in total. The number of nitrogens with one attached hydrogen (secondary N) is 4. The number of carbonyl (C=O) groups excluding carboxylic acids is 5. The van der Waals surface area contributed by atoms with Crippen molar-refractivity contribution >= 4 is 84.1 Å². The van der Waals surface area contributed by atoms with E-state index in [2.05, 4.69) is 5.32 Å². The van der Waals surface area contributed by atoms with Gasteiger partial charge in [0.1, 0.15) is 35.7 Å². The number of anilines is 4. The van der Waals surface area contributed by atoms with Crippen LogP contribution in [0.4, 0.5) is 67.1 Å². The Balaban J connectivity index is 0.000000205. The molecule has 0 spiro atoms. The molecule has 8 rings (SSSR count). The third kappa shape index (κ3) is 17.2. The van der Waals surface area contributed by atoms with Crippen LogP contribution >= 0.6 is 0 Å². The zero-order chi connectivity index (χ0) is 62.1. The Kier molecular flexibility index (Phi) is 22.4. The Morgan fingerprint density at radius 3 is 1.14 bits per heavy atom. The molecule has 0 heterocycles. The summed E-state index contributed by atoms with van der Waals surface area (Å²) in [5.41, 5.74) is -2.79. The number of halogens is 9. The lowest BCUT2D eigenvalue weighted by molar-refractivity contribution is 0.110. The van der Waals surface area contributed by atoms with Gasteiger partial charge in [0.05, 0.1) is 59.7 Å². The number of benzene rings is 8. The molecule has 0 saturated carbocycles. The average Bonchev–Trinajstić information content (AvgIpc) is 3.65. The summed E-state index contributed by atoms with van der Waals surface area (Å²) in [6.45, 7) is 3.51. The van der Waals surface area contributed by atoms with Gasteiger partial charge >= 0.3 is 6.09 Å². The summed E-state index contributed by atoms with van der Waals surface area (Å²) in [7, 11) is -12.2. The Morgan fingerprint density at radius 1 is 0.405 bits per heavy atom. The van der Waals surface area contributed by atoms with Crippen molar-refractivity contribution in [1.29, 1.82) is 0 Å². The first-order valence-electron chi connectivity index (χ1n) is 23.3. The largest absolute Gasteiger partial charge is 0.444 e. The van der Waals surface area contributed by atoms with E-state index < -0.39 is 128 Å². The van der Waals surface area contributed by atoms with Crippen molar-refractivity contribution in [2.75, 3.05) is 19.5 Å². The fraction of sp³-hybridized carbons (Fsp3) is 0.0536. The fourth-order valence-corrected chi connectivity index (χ4v) is 9.92. The Hall–Kier alpha value is -9.67. The molecule has 84 heavy (non-hydrogen) atoms. The quantitative estimate of drug-likeness (QED) is 0.0521. The number of hydrogen-bond acceptors (Lipinski definition) is 12. The summed E-state index contributed by atoms with van der Waals surface area (Å²) < 4.78 is 204. The van der Waals surface area contributed by atoms with Crippen LogP contribution in [-0.4, -0.2) is 56.5 Å². The van der Waals surface area contributed by atoms with Gasteiger partial charge in [-0.25, -0.2) is 69.6 Å². The van der Waals surface area contributed by atoms with Crippen LogP contribution in [0.2, 0.25) is 0 Å². The van der Waals surface area contributed by atoms with Gasteiger partial charge in [0.15, 0.2) is 48.4 Å². The van der Waals surface area contributed by atoms with Crippen LogP contribution < -0.4 is 19.5 Å². The van der Waals surface area contributed by atoms with E-state index in [4.69, 9.17) is 4.74 Å². The maximum Gasteiger partial charge on any atom is 0.412 e. The van der Waals surface area contributed by atoms with Gasteiger partial charge in [0.25, 0.3) is 30.1 Å². The van der Waals surface area contributed by atoms with Gasteiger partial charge in [0.2, 0.25) is 0 Å². The zero-order valence-electron chi connectivity index (χ0n) is 43.0. The second-order valence-corrected chi connectivity index (χ2v) is 21.9. The molecule has 0 radical (unpaired) electrons. The van der Waals surface area contributed by atoms with Crippen LogP contribution in [0.5, 0.6) is 0 Å². The maximum absolute atomic E-state index is 13.9. The molecule has 0 aromatic heterocycles. The molecule has 0 bridgehead atoms. The highest BCUT2D eigenvalue weighted by atomic mass is 32.2. The van der Waals surface area contributed by atoms with Crippen LogP contribution in [0.1, 0.15) is 58.1 Å². The molecule has 8 aromatic rings. The number of aryl methyl sites for hydroxylation is 2. The molecule has 0 atom stereocenters. The highest BCUT2D eigenvalue weighted by Gasteiger charge is 2.23. The summed E-state index contributed by atoms with van der Waals surface area (Å²) in [5, 5.41) is 2.12. The summed E-state index contributed by atoms with van der Waals surface area (Å²) in [5.74, 6) is -9.80. The molecule has 8 aromatic carbocycles. The van der Waals surface area contributed by atoms with Crippen LogP contribution in [0.25, 0.3) is 0 Å². The maximum atomic E-state index is 13.9. The number of aldehydes is 4. The van der Waals surface area contributed by atoms with Crippen molar-refractivity contribution in [2.24, 2.45) is 0 Å². The van der Waals surface area contributed by atoms with Gasteiger partial charge in [0, 0.05) is 0 Å². The molecule has 0 aliphatic heterocycles. The van der Waals surface area contributed by atoms with E-state index in [9.17, 15) is 88.7 Å². The number of rotatable bonds is 16. The van der Waals surface area contributed by atoms with E-state index in [0.29, 0.717) is 5.56 Å². The standard InChI is InChI=1S/C15H11F2NO3.2C14H11F2NO3S.C13H8F3NO3S/c16-12-6-7-13(14(17)11(12)8-19)18-15(20)21-9-10-4-2-1-3-5-10;1-9-2-4-10(5-3-9)21(19,20)17-13-7-6-12(15)11(8-18)14(13)16;1-9-3-2-4-10(7-9)21(19,20)17-13-6-5-12(15)11(8-18)14(13)16;14-8-1-3-9(4-2-8)21(19,20)17-12-6-5-11(15)10(7-18)13(12)16/h1-8H,9H2,(H,18,20);2*2-8,17H,1H3;1-7,17H. The second kappa shape index (κ2) is 28.8. The monoisotopic (exact) mass is 1230 g/mol. The first kappa shape index (κ1) is 65.1. The lowest BCUT2D eigenvalue weighted by atomic mass is 10.2. The minimum absolute atomic E-state index is 0.00483. The van der Waals surface area contributed by atoms with E-state index in [1.54, 1.807) is 62.4 Å². The van der Waals surface area contributed by atoms with E-state index >= 15 is 0 Å².